The van der Waals surface area contributed by atoms with Gasteiger partial charge in [-0.05, 0) is 6.07 Å². The van der Waals surface area contributed by atoms with Crippen LogP contribution in [0.5, 0.6) is 5.75 Å². The van der Waals surface area contributed by atoms with Crippen molar-refractivity contribution in [2.24, 2.45) is 0 Å². The van der Waals surface area contributed by atoms with Crippen molar-refractivity contribution in [3.63, 3.8) is 0 Å². The number of pyridine rings is 1. The van der Waals surface area contributed by atoms with Crippen molar-refractivity contribution >= 4 is 5.69 Å². The molecule has 1 aromatic carbocycles. The van der Waals surface area contributed by atoms with Gasteiger partial charge in [0.25, 0.3) is 5.69 Å². The smallest absolute Gasteiger partial charge is 0.258 e. The van der Waals surface area contributed by atoms with Gasteiger partial charge >= 0.3 is 0 Å². The average Bonchev–Trinajstić information content (AvgIpc) is 2.30. The number of nitrogens with zero attached hydrogens (tertiary/aromatic N) is 2. The highest BCUT2D eigenvalue weighted by molar-refractivity contribution is 5.37. The van der Waals surface area contributed by atoms with Crippen molar-refractivity contribution in [2.75, 3.05) is 0 Å². The zero-order chi connectivity index (χ0) is 11.4. The highest BCUT2D eigenvalue weighted by Crippen LogP contribution is 2.18. The maximum Gasteiger partial charge on any atom is 0.273 e. The maximum absolute atomic E-state index is 10.5. The Hall–Kier alpha value is -2.43. The molecule has 0 unspecified atom stereocenters. The summed E-state index contributed by atoms with van der Waals surface area (Å²) in [5.74, 6) is 0.422. The van der Waals surface area contributed by atoms with Crippen molar-refractivity contribution in [3.8, 4) is 5.75 Å². The van der Waals surface area contributed by atoms with Crippen LogP contribution in [0.15, 0.2) is 54.9 Å². The van der Waals surface area contributed by atoms with E-state index in [2.05, 4.69) is 0 Å². The highest BCUT2D eigenvalue weighted by atomic mass is 16.7. The van der Waals surface area contributed by atoms with Gasteiger partial charge in [0.2, 0.25) is 18.1 Å². The second kappa shape index (κ2) is 4.39. The summed E-state index contributed by atoms with van der Waals surface area (Å²) in [6, 6.07) is 11.5. The van der Waals surface area contributed by atoms with E-state index in [9.17, 15) is 10.1 Å². The third-order valence-electron chi connectivity index (χ3n) is 1.93. The fourth-order valence-corrected chi connectivity index (χ4v) is 1.22. The molecule has 0 bridgehead atoms. The molecule has 0 saturated carbocycles. The van der Waals surface area contributed by atoms with Gasteiger partial charge < -0.3 is 0 Å². The molecule has 80 valence electrons. The van der Waals surface area contributed by atoms with E-state index >= 15 is 0 Å². The Balaban J connectivity index is 2.22. The fraction of sp³-hybridized carbons (Fsp3) is 0. The van der Waals surface area contributed by atoms with E-state index in [-0.39, 0.29) is 5.69 Å². The zero-order valence-electron chi connectivity index (χ0n) is 8.32. The third kappa shape index (κ3) is 2.33. The average molecular weight is 217 g/mol. The standard InChI is InChI=1S/C11H9N2O3/c14-13(15)10-5-4-6-11(9-10)16-12-7-2-1-3-8-12/h1-9H/q+1. The molecule has 16 heavy (non-hydrogen) atoms. The Bertz CT molecular complexity index is 500. The number of nitro groups is 1. The predicted molar refractivity (Wildman–Crippen MR) is 55.8 cm³/mol. The molecule has 0 fully saturated rings. The van der Waals surface area contributed by atoms with Gasteiger partial charge in [-0.25, -0.2) is 4.84 Å². The molecule has 0 N–H and O–H groups in total. The number of hydrogen-bond acceptors (Lipinski definition) is 3. The minimum absolute atomic E-state index is 0.00836. The molecule has 5 nitrogen and oxygen atoms in total. The number of hydrogen-bond donors (Lipinski definition) is 0. The van der Waals surface area contributed by atoms with Crippen LogP contribution in [-0.4, -0.2) is 4.92 Å². The van der Waals surface area contributed by atoms with Crippen molar-refractivity contribution in [1.29, 1.82) is 0 Å². The molecule has 0 saturated heterocycles. The van der Waals surface area contributed by atoms with Crippen LogP contribution in [0.4, 0.5) is 5.69 Å². The number of benzene rings is 1. The first kappa shape index (κ1) is 10.1. The van der Waals surface area contributed by atoms with Gasteiger partial charge in [-0.15, -0.1) is 0 Å². The van der Waals surface area contributed by atoms with E-state index in [1.807, 2.05) is 6.07 Å². The Kier molecular flexibility index (Phi) is 2.77. The van der Waals surface area contributed by atoms with Crippen LogP contribution >= 0.6 is 0 Å². The summed E-state index contributed by atoms with van der Waals surface area (Å²) in [6.45, 7) is 0. The number of aromatic nitrogens is 1. The van der Waals surface area contributed by atoms with Crippen LogP contribution in [0.1, 0.15) is 0 Å². The number of rotatable bonds is 3. The van der Waals surface area contributed by atoms with Crippen molar-refractivity contribution < 1.29 is 14.5 Å². The molecule has 5 heteroatoms. The van der Waals surface area contributed by atoms with E-state index in [0.29, 0.717) is 5.75 Å². The molecule has 0 amide bonds. The molecule has 0 aliphatic carbocycles. The molecule has 2 aromatic rings. The SMILES string of the molecule is O=[N+]([O-])c1cccc(O[n+]2ccccc2)c1. The maximum atomic E-state index is 10.5. The lowest BCUT2D eigenvalue weighted by Crippen LogP contribution is -2.38. The summed E-state index contributed by atoms with van der Waals surface area (Å²) in [5.41, 5.74) is 0.00836. The second-order valence-electron chi connectivity index (χ2n) is 3.08. The molecule has 1 aromatic heterocycles. The van der Waals surface area contributed by atoms with Gasteiger partial charge in [-0.3, -0.25) is 10.1 Å². The molecule has 0 aliphatic heterocycles. The van der Waals surface area contributed by atoms with E-state index in [4.69, 9.17) is 4.84 Å². The lowest BCUT2D eigenvalue weighted by atomic mass is 10.3. The zero-order valence-corrected chi connectivity index (χ0v) is 8.32. The molecule has 1 heterocycles. The first-order valence-electron chi connectivity index (χ1n) is 4.65. The first-order valence-corrected chi connectivity index (χ1v) is 4.65. The van der Waals surface area contributed by atoms with Gasteiger partial charge in [0.05, 0.1) is 11.0 Å². The molecular weight excluding hydrogens is 208 g/mol. The molecule has 0 spiro atoms. The second-order valence-corrected chi connectivity index (χ2v) is 3.08. The van der Waals surface area contributed by atoms with Gasteiger partial charge in [0, 0.05) is 22.9 Å². The quantitative estimate of drug-likeness (QED) is 0.447. The third-order valence-corrected chi connectivity index (χ3v) is 1.93. The van der Waals surface area contributed by atoms with E-state index in [0.717, 1.165) is 0 Å². The number of nitro benzene ring substituents is 1. The monoisotopic (exact) mass is 217 g/mol. The van der Waals surface area contributed by atoms with Crippen LogP contribution < -0.4 is 9.57 Å². The summed E-state index contributed by atoms with van der Waals surface area (Å²) in [7, 11) is 0. The van der Waals surface area contributed by atoms with Crippen LogP contribution in [0.3, 0.4) is 0 Å². The fourth-order valence-electron chi connectivity index (χ4n) is 1.22. The molecular formula is C11H9N2O3+. The van der Waals surface area contributed by atoms with Crippen LogP contribution in [0.2, 0.25) is 0 Å². The van der Waals surface area contributed by atoms with Gasteiger partial charge in [-0.1, -0.05) is 12.1 Å². The van der Waals surface area contributed by atoms with Gasteiger partial charge in [-0.2, -0.15) is 0 Å². The summed E-state index contributed by atoms with van der Waals surface area (Å²) in [6.07, 6.45) is 3.41. The molecule has 2 rings (SSSR count). The van der Waals surface area contributed by atoms with Crippen molar-refractivity contribution in [3.05, 3.63) is 65.0 Å². The van der Waals surface area contributed by atoms with Crippen molar-refractivity contribution in [1.82, 2.24) is 0 Å². The van der Waals surface area contributed by atoms with E-state index in [1.165, 1.54) is 16.9 Å². The minimum atomic E-state index is -0.456. The molecule has 0 atom stereocenters. The topological polar surface area (TPSA) is 56.3 Å². The van der Waals surface area contributed by atoms with E-state index in [1.54, 1.807) is 36.7 Å². The lowest BCUT2D eigenvalue weighted by Gasteiger charge is -1.97. The Morgan fingerprint density at radius 2 is 1.88 bits per heavy atom. The van der Waals surface area contributed by atoms with Crippen molar-refractivity contribution in [2.45, 2.75) is 0 Å². The summed E-state index contributed by atoms with van der Waals surface area (Å²) >= 11 is 0. The van der Waals surface area contributed by atoms with E-state index < -0.39 is 4.92 Å². The summed E-state index contributed by atoms with van der Waals surface area (Å²) in [4.78, 5) is 15.5. The summed E-state index contributed by atoms with van der Waals surface area (Å²) < 4.78 is 1.47. The normalized spacial score (nSPS) is 9.75. The number of non-ortho nitro benzene ring substituents is 1. The minimum Gasteiger partial charge on any atom is -0.258 e. The van der Waals surface area contributed by atoms with Crippen LogP contribution in [0.25, 0.3) is 0 Å². The largest absolute Gasteiger partial charge is 0.273 e. The van der Waals surface area contributed by atoms with Crippen LogP contribution in [0, 0.1) is 10.1 Å². The molecule has 0 aliphatic rings. The Morgan fingerprint density at radius 1 is 1.12 bits per heavy atom. The summed E-state index contributed by atoms with van der Waals surface area (Å²) in [5, 5.41) is 10.5. The highest BCUT2D eigenvalue weighted by Gasteiger charge is 2.09. The lowest BCUT2D eigenvalue weighted by molar-refractivity contribution is -0.875. The van der Waals surface area contributed by atoms with Gasteiger partial charge in [0.15, 0.2) is 0 Å². The molecule has 0 radical (unpaired) electrons. The van der Waals surface area contributed by atoms with Crippen LogP contribution in [-0.2, 0) is 0 Å². The first-order chi connectivity index (χ1) is 7.75. The Labute approximate surface area is 91.6 Å². The van der Waals surface area contributed by atoms with Gasteiger partial charge in [0.1, 0.15) is 0 Å². The Morgan fingerprint density at radius 3 is 2.56 bits per heavy atom. The predicted octanol–water partition coefficient (Wildman–Crippen LogP) is 1.72.